The molecule has 1 aromatic rings. The molecule has 106 valence electrons. The van der Waals surface area contributed by atoms with Crippen LogP contribution >= 0.6 is 11.6 Å². The van der Waals surface area contributed by atoms with Crippen LogP contribution in [-0.2, 0) is 6.54 Å². The second-order valence-corrected chi connectivity index (χ2v) is 5.92. The van der Waals surface area contributed by atoms with Crippen LogP contribution in [0.4, 0.5) is 0 Å². The molecule has 0 saturated heterocycles. The summed E-state index contributed by atoms with van der Waals surface area (Å²) in [7, 11) is 0. The van der Waals surface area contributed by atoms with E-state index in [9.17, 15) is 0 Å². The summed E-state index contributed by atoms with van der Waals surface area (Å²) in [6.07, 6.45) is 0. The Morgan fingerprint density at radius 2 is 1.89 bits per heavy atom. The van der Waals surface area contributed by atoms with Crippen LogP contribution < -0.4 is 10.1 Å². The minimum Gasteiger partial charge on any atom is -0.487 e. The number of hydrogen-bond donors (Lipinski definition) is 1. The predicted octanol–water partition coefficient (Wildman–Crippen LogP) is 4.18. The van der Waals surface area contributed by atoms with Crippen molar-refractivity contribution in [2.45, 2.75) is 34.2 Å². The highest BCUT2D eigenvalue weighted by Crippen LogP contribution is 2.25. The number of benzene rings is 1. The molecule has 0 saturated carbocycles. The zero-order valence-electron chi connectivity index (χ0n) is 12.3. The number of halogens is 1. The summed E-state index contributed by atoms with van der Waals surface area (Å²) in [6, 6.07) is 4.32. The van der Waals surface area contributed by atoms with Crippen molar-refractivity contribution < 1.29 is 4.74 Å². The molecule has 0 aliphatic carbocycles. The first kappa shape index (κ1) is 16.1. The van der Waals surface area contributed by atoms with Crippen LogP contribution in [0.2, 0.25) is 0 Å². The fourth-order valence-electron chi connectivity index (χ4n) is 2.03. The van der Waals surface area contributed by atoms with E-state index < -0.39 is 0 Å². The average Bonchev–Trinajstić information content (AvgIpc) is 2.26. The van der Waals surface area contributed by atoms with Gasteiger partial charge in [-0.3, -0.25) is 0 Å². The smallest absolute Gasteiger partial charge is 0.125 e. The van der Waals surface area contributed by atoms with E-state index in [0.717, 1.165) is 30.0 Å². The lowest BCUT2D eigenvalue weighted by molar-refractivity contribution is 0.354. The summed E-state index contributed by atoms with van der Waals surface area (Å²) in [5.74, 6) is 1.58. The van der Waals surface area contributed by atoms with E-state index in [1.807, 2.05) is 0 Å². The standard InChI is InChI=1S/C16H24ClNO/c1-11(2)8-18-9-15-6-12(3)16(13(4)7-15)19-10-14(5)17/h6-7,11,18H,5,8-10H2,1-4H3. The van der Waals surface area contributed by atoms with Gasteiger partial charge in [0, 0.05) is 11.6 Å². The SMILES string of the molecule is C=C(Cl)COc1c(C)cc(CNCC(C)C)cc1C. The maximum atomic E-state index is 5.73. The summed E-state index contributed by atoms with van der Waals surface area (Å²) < 4.78 is 5.67. The lowest BCUT2D eigenvalue weighted by Crippen LogP contribution is -2.19. The molecule has 3 heteroatoms. The van der Waals surface area contributed by atoms with Crippen molar-refractivity contribution >= 4 is 11.6 Å². The summed E-state index contributed by atoms with van der Waals surface area (Å²) in [5, 5.41) is 3.96. The monoisotopic (exact) mass is 281 g/mol. The largest absolute Gasteiger partial charge is 0.487 e. The van der Waals surface area contributed by atoms with Crippen molar-refractivity contribution in [2.75, 3.05) is 13.2 Å². The minimum absolute atomic E-state index is 0.355. The number of nitrogens with one attached hydrogen (secondary N) is 1. The molecule has 0 bridgehead atoms. The van der Waals surface area contributed by atoms with Gasteiger partial charge in [-0.2, -0.15) is 0 Å². The van der Waals surface area contributed by atoms with E-state index in [4.69, 9.17) is 16.3 Å². The molecule has 0 aliphatic heterocycles. The van der Waals surface area contributed by atoms with Gasteiger partial charge in [0.1, 0.15) is 12.4 Å². The van der Waals surface area contributed by atoms with Crippen molar-refractivity contribution in [1.82, 2.24) is 5.32 Å². The molecule has 1 N–H and O–H groups in total. The highest BCUT2D eigenvalue weighted by Gasteiger charge is 2.07. The molecular weight excluding hydrogens is 258 g/mol. The van der Waals surface area contributed by atoms with Crippen LogP contribution in [0.25, 0.3) is 0 Å². The Bertz CT molecular complexity index is 417. The van der Waals surface area contributed by atoms with Crippen LogP contribution in [0, 0.1) is 19.8 Å². The average molecular weight is 282 g/mol. The molecule has 0 spiro atoms. The van der Waals surface area contributed by atoms with Gasteiger partial charge in [0.05, 0.1) is 0 Å². The summed E-state index contributed by atoms with van der Waals surface area (Å²) >= 11 is 5.73. The zero-order valence-corrected chi connectivity index (χ0v) is 13.1. The van der Waals surface area contributed by atoms with Gasteiger partial charge in [-0.25, -0.2) is 0 Å². The molecule has 0 unspecified atom stereocenters. The van der Waals surface area contributed by atoms with Crippen molar-refractivity contribution in [1.29, 1.82) is 0 Å². The second-order valence-electron chi connectivity index (χ2n) is 5.39. The van der Waals surface area contributed by atoms with Gasteiger partial charge in [-0.05, 0) is 43.0 Å². The molecule has 0 radical (unpaired) electrons. The molecule has 0 atom stereocenters. The third-order valence-electron chi connectivity index (χ3n) is 2.77. The zero-order chi connectivity index (χ0) is 14.4. The quantitative estimate of drug-likeness (QED) is 0.809. The molecule has 0 aliphatic rings. The summed E-state index contributed by atoms with van der Waals surface area (Å²) in [5.41, 5.74) is 3.56. The van der Waals surface area contributed by atoms with Gasteiger partial charge >= 0.3 is 0 Å². The third kappa shape index (κ3) is 5.66. The van der Waals surface area contributed by atoms with E-state index in [1.54, 1.807) is 0 Å². The number of aryl methyl sites for hydroxylation is 2. The second kappa shape index (κ2) is 7.56. The van der Waals surface area contributed by atoms with Gasteiger partial charge in [-0.1, -0.05) is 44.2 Å². The topological polar surface area (TPSA) is 21.3 Å². The Balaban J connectivity index is 2.70. The number of ether oxygens (including phenoxy) is 1. The molecular formula is C16H24ClNO. The van der Waals surface area contributed by atoms with E-state index in [0.29, 0.717) is 17.6 Å². The van der Waals surface area contributed by atoms with Crippen LogP contribution in [0.5, 0.6) is 5.75 Å². The van der Waals surface area contributed by atoms with Gasteiger partial charge in [-0.15, -0.1) is 0 Å². The van der Waals surface area contributed by atoms with Crippen LogP contribution in [0.1, 0.15) is 30.5 Å². The van der Waals surface area contributed by atoms with Gasteiger partial charge < -0.3 is 10.1 Å². The third-order valence-corrected chi connectivity index (χ3v) is 2.88. The van der Waals surface area contributed by atoms with Crippen molar-refractivity contribution in [3.8, 4) is 5.75 Å². The first-order valence-corrected chi connectivity index (χ1v) is 7.05. The van der Waals surface area contributed by atoms with Gasteiger partial charge in [0.15, 0.2) is 0 Å². The van der Waals surface area contributed by atoms with Gasteiger partial charge in [0.2, 0.25) is 0 Å². The van der Waals surface area contributed by atoms with Crippen LogP contribution in [0.15, 0.2) is 23.7 Å². The number of hydrogen-bond acceptors (Lipinski definition) is 2. The molecule has 0 fully saturated rings. The molecule has 19 heavy (non-hydrogen) atoms. The predicted molar refractivity (Wildman–Crippen MR) is 82.9 cm³/mol. The molecule has 1 rings (SSSR count). The van der Waals surface area contributed by atoms with Crippen LogP contribution in [-0.4, -0.2) is 13.2 Å². The highest BCUT2D eigenvalue weighted by atomic mass is 35.5. The lowest BCUT2D eigenvalue weighted by Gasteiger charge is -2.14. The summed E-state index contributed by atoms with van der Waals surface area (Å²) in [6.45, 7) is 14.4. The van der Waals surface area contributed by atoms with Gasteiger partial charge in [0.25, 0.3) is 0 Å². The van der Waals surface area contributed by atoms with E-state index >= 15 is 0 Å². The normalized spacial score (nSPS) is 10.8. The molecule has 0 aromatic heterocycles. The fraction of sp³-hybridized carbons (Fsp3) is 0.500. The maximum absolute atomic E-state index is 5.73. The van der Waals surface area contributed by atoms with Crippen LogP contribution in [0.3, 0.4) is 0 Å². The minimum atomic E-state index is 0.355. The maximum Gasteiger partial charge on any atom is 0.125 e. The van der Waals surface area contributed by atoms with E-state index in [1.165, 1.54) is 5.56 Å². The van der Waals surface area contributed by atoms with E-state index in [2.05, 4.69) is 51.7 Å². The van der Waals surface area contributed by atoms with E-state index in [-0.39, 0.29) is 0 Å². The molecule has 1 aromatic carbocycles. The Labute approximate surface area is 121 Å². The Kier molecular flexibility index (Phi) is 6.40. The lowest BCUT2D eigenvalue weighted by atomic mass is 10.1. The highest BCUT2D eigenvalue weighted by molar-refractivity contribution is 6.29. The van der Waals surface area contributed by atoms with Crippen molar-refractivity contribution in [3.05, 3.63) is 40.4 Å². The summed E-state index contributed by atoms with van der Waals surface area (Å²) in [4.78, 5) is 0. The Morgan fingerprint density at radius 1 is 1.32 bits per heavy atom. The van der Waals surface area contributed by atoms with Crippen molar-refractivity contribution in [3.63, 3.8) is 0 Å². The Hall–Kier alpha value is -0.990. The first-order chi connectivity index (χ1) is 8.90. The first-order valence-electron chi connectivity index (χ1n) is 6.67. The Morgan fingerprint density at radius 3 is 2.37 bits per heavy atom. The molecule has 0 amide bonds. The fourth-order valence-corrected chi connectivity index (χ4v) is 2.08. The van der Waals surface area contributed by atoms with Crippen molar-refractivity contribution in [2.24, 2.45) is 5.92 Å². The molecule has 0 heterocycles. The number of rotatable bonds is 7. The molecule has 2 nitrogen and oxygen atoms in total.